The summed E-state index contributed by atoms with van der Waals surface area (Å²) in [7, 11) is 0. The molecule has 0 unspecified atom stereocenters. The number of rotatable bonds is 6. The third-order valence-corrected chi connectivity index (χ3v) is 3.86. The molecule has 2 rings (SSSR count). The summed E-state index contributed by atoms with van der Waals surface area (Å²) in [5.74, 6) is 0.0186. The van der Waals surface area contributed by atoms with Gasteiger partial charge >= 0.3 is 0 Å². The van der Waals surface area contributed by atoms with Crippen molar-refractivity contribution in [3.8, 4) is 5.75 Å². The number of nitro groups is 1. The zero-order valence-corrected chi connectivity index (χ0v) is 13.6. The summed E-state index contributed by atoms with van der Waals surface area (Å²) in [5.41, 5.74) is 2.32. The molecule has 1 aromatic heterocycles. The normalized spacial score (nSPS) is 10.7. The predicted molar refractivity (Wildman–Crippen MR) is 88.4 cm³/mol. The van der Waals surface area contributed by atoms with Crippen LogP contribution in [-0.2, 0) is 4.79 Å². The minimum Gasteiger partial charge on any atom is -0.484 e. The fourth-order valence-electron chi connectivity index (χ4n) is 1.65. The maximum absolute atomic E-state index is 11.6. The molecule has 1 amide bonds. The predicted octanol–water partition coefficient (Wildman–Crippen LogP) is 3.15. The first-order chi connectivity index (χ1) is 11.0. The zero-order valence-electron chi connectivity index (χ0n) is 12.0. The van der Waals surface area contributed by atoms with E-state index in [0.717, 1.165) is 0 Å². The van der Waals surface area contributed by atoms with Crippen molar-refractivity contribution in [3.05, 3.63) is 55.2 Å². The summed E-state index contributed by atoms with van der Waals surface area (Å²) >= 11 is 7.02. The van der Waals surface area contributed by atoms with Gasteiger partial charge in [-0.15, -0.1) is 11.3 Å². The van der Waals surface area contributed by atoms with Gasteiger partial charge in [0.1, 0.15) is 5.75 Å². The first kappa shape index (κ1) is 16.9. The lowest BCUT2D eigenvalue weighted by molar-refractivity contribution is -0.385. The van der Waals surface area contributed by atoms with Crippen LogP contribution < -0.4 is 10.2 Å². The monoisotopic (exact) mass is 353 g/mol. The fraction of sp³-hybridized carbons (Fsp3) is 0.143. The van der Waals surface area contributed by atoms with E-state index in [9.17, 15) is 14.9 Å². The maximum atomic E-state index is 11.6. The SMILES string of the molecule is Cc1sc(/C=N\NC(=O)COc2cccc(Cl)c2)cc1[N+](=O)[O-]. The smallest absolute Gasteiger partial charge is 0.283 e. The first-order valence-electron chi connectivity index (χ1n) is 6.41. The number of thiophene rings is 1. The van der Waals surface area contributed by atoms with Crippen LogP contribution in [0.3, 0.4) is 0 Å². The van der Waals surface area contributed by atoms with Gasteiger partial charge in [-0.25, -0.2) is 5.43 Å². The Labute approximate surface area is 140 Å². The van der Waals surface area contributed by atoms with Gasteiger partial charge in [0.2, 0.25) is 0 Å². The van der Waals surface area contributed by atoms with Gasteiger partial charge in [-0.2, -0.15) is 5.10 Å². The number of hydrogen-bond donors (Lipinski definition) is 1. The molecule has 23 heavy (non-hydrogen) atoms. The van der Waals surface area contributed by atoms with E-state index in [-0.39, 0.29) is 12.3 Å². The molecule has 0 aliphatic heterocycles. The van der Waals surface area contributed by atoms with Crippen molar-refractivity contribution in [2.75, 3.05) is 6.61 Å². The van der Waals surface area contributed by atoms with E-state index in [2.05, 4.69) is 10.5 Å². The average molecular weight is 354 g/mol. The molecule has 0 aliphatic rings. The molecule has 2 aromatic rings. The van der Waals surface area contributed by atoms with Crippen molar-refractivity contribution in [2.45, 2.75) is 6.92 Å². The number of carbonyl (C=O) groups excluding carboxylic acids is 1. The van der Waals surface area contributed by atoms with Crippen LogP contribution in [0.1, 0.15) is 9.75 Å². The lowest BCUT2D eigenvalue weighted by atomic mass is 10.3. The van der Waals surface area contributed by atoms with Crippen molar-refractivity contribution in [1.29, 1.82) is 0 Å². The Morgan fingerprint density at radius 2 is 2.30 bits per heavy atom. The first-order valence-corrected chi connectivity index (χ1v) is 7.60. The van der Waals surface area contributed by atoms with Crippen molar-refractivity contribution in [3.63, 3.8) is 0 Å². The molecule has 120 valence electrons. The van der Waals surface area contributed by atoms with Crippen LogP contribution in [0.2, 0.25) is 5.02 Å². The largest absolute Gasteiger partial charge is 0.484 e. The number of aryl methyl sites for hydroxylation is 1. The van der Waals surface area contributed by atoms with Crippen molar-refractivity contribution in [2.24, 2.45) is 5.10 Å². The second-order valence-corrected chi connectivity index (χ2v) is 6.11. The van der Waals surface area contributed by atoms with Crippen LogP contribution in [0.4, 0.5) is 5.69 Å². The summed E-state index contributed by atoms with van der Waals surface area (Å²) in [4.78, 5) is 23.0. The van der Waals surface area contributed by atoms with Crippen molar-refractivity contribution < 1.29 is 14.5 Å². The number of hydrazone groups is 1. The molecule has 0 spiro atoms. The number of ether oxygens (including phenoxy) is 1. The Bertz CT molecular complexity index is 760. The number of halogens is 1. The van der Waals surface area contributed by atoms with E-state index in [0.29, 0.717) is 20.5 Å². The molecule has 0 atom stereocenters. The standard InChI is InChI=1S/C14H12ClN3O4S/c1-9-13(18(20)21)6-12(23-9)7-16-17-14(19)8-22-11-4-2-3-10(15)5-11/h2-7H,8H2,1H3,(H,17,19)/b16-7-. The van der Waals surface area contributed by atoms with E-state index in [1.54, 1.807) is 31.2 Å². The number of carbonyl (C=O) groups is 1. The highest BCUT2D eigenvalue weighted by molar-refractivity contribution is 7.14. The van der Waals surface area contributed by atoms with E-state index in [4.69, 9.17) is 16.3 Å². The molecule has 1 aromatic carbocycles. The molecule has 0 saturated carbocycles. The van der Waals surface area contributed by atoms with Gasteiger partial charge in [0.25, 0.3) is 11.6 Å². The molecular weight excluding hydrogens is 342 g/mol. The molecule has 1 N–H and O–H groups in total. The number of benzene rings is 1. The molecule has 0 bridgehead atoms. The minimum absolute atomic E-state index is 0.0343. The van der Waals surface area contributed by atoms with Crippen molar-refractivity contribution in [1.82, 2.24) is 5.43 Å². The summed E-state index contributed by atoms with van der Waals surface area (Å²) in [5, 5.41) is 15.0. The minimum atomic E-state index is -0.458. The quantitative estimate of drug-likeness (QED) is 0.490. The lowest BCUT2D eigenvalue weighted by Gasteiger charge is -2.04. The molecule has 0 radical (unpaired) electrons. The van der Waals surface area contributed by atoms with E-state index in [1.807, 2.05) is 0 Å². The van der Waals surface area contributed by atoms with Crippen LogP contribution in [0.25, 0.3) is 0 Å². The Morgan fingerprint density at radius 3 is 2.96 bits per heavy atom. The second kappa shape index (κ2) is 7.70. The van der Waals surface area contributed by atoms with Gasteiger partial charge in [-0.1, -0.05) is 17.7 Å². The van der Waals surface area contributed by atoms with Crippen LogP contribution in [0.5, 0.6) is 5.75 Å². The number of nitrogens with one attached hydrogen (secondary N) is 1. The summed E-state index contributed by atoms with van der Waals surface area (Å²) < 4.78 is 5.25. The number of amides is 1. The maximum Gasteiger partial charge on any atom is 0.283 e. The third kappa shape index (κ3) is 5.04. The number of nitrogens with zero attached hydrogens (tertiary/aromatic N) is 2. The summed E-state index contributed by atoms with van der Waals surface area (Å²) in [6.45, 7) is 1.43. The molecular formula is C14H12ClN3O4S. The topological polar surface area (TPSA) is 93.8 Å². The average Bonchev–Trinajstić information content (AvgIpc) is 2.86. The Kier molecular flexibility index (Phi) is 5.67. The van der Waals surface area contributed by atoms with Crippen LogP contribution in [0.15, 0.2) is 35.4 Å². The molecule has 1 heterocycles. The van der Waals surface area contributed by atoms with Crippen LogP contribution >= 0.6 is 22.9 Å². The van der Waals surface area contributed by atoms with Crippen LogP contribution in [-0.4, -0.2) is 23.7 Å². The number of hydrogen-bond acceptors (Lipinski definition) is 6. The highest BCUT2D eigenvalue weighted by Gasteiger charge is 2.14. The molecule has 9 heteroatoms. The van der Waals surface area contributed by atoms with Gasteiger partial charge < -0.3 is 4.74 Å². The van der Waals surface area contributed by atoms with Gasteiger partial charge in [0.15, 0.2) is 6.61 Å². The molecule has 0 aliphatic carbocycles. The van der Waals surface area contributed by atoms with Crippen LogP contribution in [0, 0.1) is 17.0 Å². The second-order valence-electron chi connectivity index (χ2n) is 4.39. The van der Waals surface area contributed by atoms with Gasteiger partial charge in [0.05, 0.1) is 20.9 Å². The molecule has 0 saturated heterocycles. The molecule has 7 nitrogen and oxygen atoms in total. The Morgan fingerprint density at radius 1 is 1.52 bits per heavy atom. The van der Waals surface area contributed by atoms with Gasteiger partial charge in [-0.3, -0.25) is 14.9 Å². The lowest BCUT2D eigenvalue weighted by Crippen LogP contribution is -2.24. The molecule has 0 fully saturated rings. The third-order valence-electron chi connectivity index (χ3n) is 2.65. The fourth-order valence-corrected chi connectivity index (χ4v) is 2.69. The van der Waals surface area contributed by atoms with E-state index >= 15 is 0 Å². The Hall–Kier alpha value is -2.45. The van der Waals surface area contributed by atoms with E-state index in [1.165, 1.54) is 23.6 Å². The van der Waals surface area contributed by atoms with Gasteiger partial charge in [-0.05, 0) is 25.1 Å². The highest BCUT2D eigenvalue weighted by Crippen LogP contribution is 2.26. The highest BCUT2D eigenvalue weighted by atomic mass is 35.5. The zero-order chi connectivity index (χ0) is 16.8. The van der Waals surface area contributed by atoms with Crippen molar-refractivity contribution >= 4 is 40.7 Å². The summed E-state index contributed by atoms with van der Waals surface area (Å²) in [6.07, 6.45) is 1.35. The van der Waals surface area contributed by atoms with Gasteiger partial charge in [0, 0.05) is 11.1 Å². The van der Waals surface area contributed by atoms with E-state index < -0.39 is 10.8 Å². The Balaban J connectivity index is 1.84. The summed E-state index contributed by atoms with van der Waals surface area (Å²) in [6, 6.07) is 8.07.